The zero-order valence-corrected chi connectivity index (χ0v) is 16.1. The van der Waals surface area contributed by atoms with E-state index in [9.17, 15) is 9.59 Å². The summed E-state index contributed by atoms with van der Waals surface area (Å²) >= 11 is 3.36. The van der Waals surface area contributed by atoms with Gasteiger partial charge >= 0.3 is 0 Å². The van der Waals surface area contributed by atoms with Crippen LogP contribution in [0.25, 0.3) is 0 Å². The van der Waals surface area contributed by atoms with Crippen molar-refractivity contribution in [1.29, 1.82) is 0 Å². The molecule has 27 heavy (non-hydrogen) atoms. The molecule has 0 spiro atoms. The number of imide groups is 1. The number of hydrogen-bond acceptors (Lipinski definition) is 6. The van der Waals surface area contributed by atoms with Crippen LogP contribution >= 0.6 is 15.9 Å². The van der Waals surface area contributed by atoms with E-state index in [1.165, 1.54) is 7.11 Å². The Labute approximate surface area is 163 Å². The van der Waals surface area contributed by atoms with Gasteiger partial charge in [-0.3, -0.25) is 9.59 Å². The Hall–Kier alpha value is -2.87. The van der Waals surface area contributed by atoms with Crippen LogP contribution in [0.2, 0.25) is 0 Å². The third-order valence-corrected chi connectivity index (χ3v) is 5.05. The molecule has 8 heteroatoms. The van der Waals surface area contributed by atoms with Crippen molar-refractivity contribution >= 4 is 39.1 Å². The van der Waals surface area contributed by atoms with E-state index in [2.05, 4.69) is 21.1 Å². The van der Waals surface area contributed by atoms with Crippen molar-refractivity contribution in [1.82, 2.24) is 0 Å². The Bertz CT molecular complexity index is 974. The number of fused-ring (bicyclic) bond motifs is 1. The molecule has 2 aliphatic heterocycles. The number of amides is 2. The maximum absolute atomic E-state index is 13.0. The second-order valence-electron chi connectivity index (χ2n) is 6.04. The first kappa shape index (κ1) is 17.5. The molecule has 0 aromatic heterocycles. The van der Waals surface area contributed by atoms with Gasteiger partial charge in [0.1, 0.15) is 11.6 Å². The van der Waals surface area contributed by atoms with Gasteiger partial charge in [-0.15, -0.1) is 0 Å². The predicted octanol–water partition coefficient (Wildman–Crippen LogP) is 2.76. The van der Waals surface area contributed by atoms with Gasteiger partial charge in [-0.1, -0.05) is 27.2 Å². The Balaban J connectivity index is 1.70. The van der Waals surface area contributed by atoms with Crippen LogP contribution in [-0.4, -0.2) is 37.8 Å². The van der Waals surface area contributed by atoms with Crippen LogP contribution in [0.15, 0.2) is 52.1 Å². The van der Waals surface area contributed by atoms with Gasteiger partial charge in [-0.25, -0.2) is 4.90 Å². The molecule has 1 saturated heterocycles. The zero-order valence-electron chi connectivity index (χ0n) is 14.5. The minimum atomic E-state index is -0.959. The molecule has 2 aromatic rings. The van der Waals surface area contributed by atoms with Gasteiger partial charge in [0, 0.05) is 10.0 Å². The number of rotatable bonds is 4. The smallest absolute Gasteiger partial charge is 0.278 e. The quantitative estimate of drug-likeness (QED) is 0.696. The molecule has 2 aromatic carbocycles. The van der Waals surface area contributed by atoms with Gasteiger partial charge in [0.05, 0.1) is 19.9 Å². The summed E-state index contributed by atoms with van der Waals surface area (Å²) < 4.78 is 11.3. The monoisotopic (exact) mass is 430 g/mol. The summed E-state index contributed by atoms with van der Waals surface area (Å²) in [4.78, 5) is 32.3. The molecule has 7 nitrogen and oxygen atoms in total. The van der Waals surface area contributed by atoms with Crippen molar-refractivity contribution in [3.8, 4) is 11.5 Å². The van der Waals surface area contributed by atoms with Crippen molar-refractivity contribution in [2.24, 2.45) is 11.1 Å². The van der Waals surface area contributed by atoms with Crippen LogP contribution < -0.4 is 14.4 Å². The van der Waals surface area contributed by atoms with E-state index in [1.54, 1.807) is 43.5 Å². The summed E-state index contributed by atoms with van der Waals surface area (Å²) in [6, 6.07) is 12.2. The second kappa shape index (κ2) is 6.70. The molecule has 0 N–H and O–H groups in total. The highest BCUT2D eigenvalue weighted by molar-refractivity contribution is 9.10. The van der Waals surface area contributed by atoms with E-state index in [-0.39, 0.29) is 5.91 Å². The third-order valence-electron chi connectivity index (χ3n) is 4.56. The lowest BCUT2D eigenvalue weighted by Crippen LogP contribution is -2.33. The van der Waals surface area contributed by atoms with Crippen LogP contribution in [0, 0.1) is 5.92 Å². The highest BCUT2D eigenvalue weighted by atomic mass is 79.9. The summed E-state index contributed by atoms with van der Waals surface area (Å²) in [6.45, 7) is 0. The van der Waals surface area contributed by atoms with E-state index < -0.39 is 17.9 Å². The molecular formula is C19H15BrN2O5. The molecule has 2 heterocycles. The van der Waals surface area contributed by atoms with Crippen molar-refractivity contribution in [3.05, 3.63) is 52.5 Å². The lowest BCUT2D eigenvalue weighted by molar-refractivity contribution is -0.126. The van der Waals surface area contributed by atoms with Crippen LogP contribution in [0.1, 0.15) is 5.56 Å². The molecular weight excluding hydrogens is 416 g/mol. The predicted molar refractivity (Wildman–Crippen MR) is 101 cm³/mol. The number of oxime groups is 1. The van der Waals surface area contributed by atoms with Gasteiger partial charge in [0.2, 0.25) is 12.0 Å². The van der Waals surface area contributed by atoms with Crippen LogP contribution in [-0.2, 0) is 14.4 Å². The first-order chi connectivity index (χ1) is 13.0. The average molecular weight is 431 g/mol. The molecule has 2 unspecified atom stereocenters. The standard InChI is InChI=1S/C19H15BrN2O5/c1-25-13-7-6-10(8-14(13)26-2)16-15-17(27-21-16)19(24)22(18(15)23)12-5-3-4-11(20)9-12/h3-9,15,17H,1-2H3. The lowest BCUT2D eigenvalue weighted by atomic mass is 9.94. The normalized spacial score (nSPS) is 21.0. The molecule has 2 atom stereocenters. The molecule has 0 radical (unpaired) electrons. The number of carbonyl (C=O) groups is 2. The molecule has 0 bridgehead atoms. The Kier molecular flexibility index (Phi) is 4.35. The molecule has 0 aliphatic carbocycles. The van der Waals surface area contributed by atoms with E-state index in [0.29, 0.717) is 28.5 Å². The maximum atomic E-state index is 13.0. The van der Waals surface area contributed by atoms with Gasteiger partial charge in [0.25, 0.3) is 5.91 Å². The van der Waals surface area contributed by atoms with Crippen molar-refractivity contribution < 1.29 is 23.9 Å². The average Bonchev–Trinajstić information content (AvgIpc) is 3.21. The third kappa shape index (κ3) is 2.76. The Morgan fingerprint density at radius 1 is 1.04 bits per heavy atom. The first-order valence-corrected chi connectivity index (χ1v) is 8.94. The topological polar surface area (TPSA) is 77.4 Å². The fourth-order valence-corrected chi connectivity index (χ4v) is 3.67. The summed E-state index contributed by atoms with van der Waals surface area (Å²) in [7, 11) is 3.06. The highest BCUT2D eigenvalue weighted by Crippen LogP contribution is 2.37. The number of nitrogens with zero attached hydrogens (tertiary/aromatic N) is 2. The molecule has 1 fully saturated rings. The molecule has 0 saturated carbocycles. The Morgan fingerprint density at radius 3 is 2.52 bits per heavy atom. The number of hydrogen-bond donors (Lipinski definition) is 0. The fraction of sp³-hybridized carbons (Fsp3) is 0.211. The summed E-state index contributed by atoms with van der Waals surface area (Å²) in [5, 5.41) is 4.01. The molecule has 2 aliphatic rings. The van der Waals surface area contributed by atoms with Crippen molar-refractivity contribution in [2.45, 2.75) is 6.10 Å². The minimum absolute atomic E-state index is 0.367. The number of benzene rings is 2. The lowest BCUT2D eigenvalue weighted by Gasteiger charge is -2.16. The largest absolute Gasteiger partial charge is 0.493 e. The van der Waals surface area contributed by atoms with Crippen molar-refractivity contribution in [2.75, 3.05) is 19.1 Å². The highest BCUT2D eigenvalue weighted by Gasteiger charge is 2.56. The first-order valence-electron chi connectivity index (χ1n) is 8.14. The van der Waals surface area contributed by atoms with E-state index >= 15 is 0 Å². The van der Waals surface area contributed by atoms with Gasteiger partial charge in [-0.2, -0.15) is 0 Å². The number of carbonyl (C=O) groups excluding carboxylic acids is 2. The van der Waals surface area contributed by atoms with E-state index in [0.717, 1.165) is 9.37 Å². The number of methoxy groups -OCH3 is 2. The zero-order chi connectivity index (χ0) is 19.1. The number of halogens is 1. The van der Waals surface area contributed by atoms with Crippen molar-refractivity contribution in [3.63, 3.8) is 0 Å². The summed E-state index contributed by atoms with van der Waals surface area (Å²) in [6.07, 6.45) is -0.959. The van der Waals surface area contributed by atoms with E-state index in [4.69, 9.17) is 14.3 Å². The number of anilines is 1. The fourth-order valence-electron chi connectivity index (χ4n) is 3.28. The van der Waals surface area contributed by atoms with E-state index in [1.807, 2.05) is 6.07 Å². The van der Waals surface area contributed by atoms with Gasteiger partial charge in [0.15, 0.2) is 11.5 Å². The van der Waals surface area contributed by atoms with Gasteiger partial charge < -0.3 is 14.3 Å². The second-order valence-corrected chi connectivity index (χ2v) is 6.96. The Morgan fingerprint density at radius 2 is 1.81 bits per heavy atom. The van der Waals surface area contributed by atoms with Crippen LogP contribution in [0.3, 0.4) is 0 Å². The SMILES string of the molecule is COc1ccc(C2=NOC3C(=O)N(c4cccc(Br)c4)C(=O)C23)cc1OC. The van der Waals surface area contributed by atoms with Crippen LogP contribution in [0.5, 0.6) is 11.5 Å². The minimum Gasteiger partial charge on any atom is -0.493 e. The molecule has 2 amide bonds. The number of ether oxygens (including phenoxy) is 2. The summed E-state index contributed by atoms with van der Waals surface area (Å²) in [5.41, 5.74) is 1.53. The molecule has 4 rings (SSSR count). The molecule has 138 valence electrons. The summed E-state index contributed by atoms with van der Waals surface area (Å²) in [5.74, 6) is -0.533. The van der Waals surface area contributed by atoms with Gasteiger partial charge in [-0.05, 0) is 36.4 Å². The van der Waals surface area contributed by atoms with Crippen LogP contribution in [0.4, 0.5) is 5.69 Å². The maximum Gasteiger partial charge on any atom is 0.278 e.